The van der Waals surface area contributed by atoms with Crippen molar-refractivity contribution in [3.63, 3.8) is 0 Å². The van der Waals surface area contributed by atoms with E-state index in [4.69, 9.17) is 0 Å². The summed E-state index contributed by atoms with van der Waals surface area (Å²) < 4.78 is 26.5. The molecule has 0 aliphatic heterocycles. The minimum atomic E-state index is -3.82. The van der Waals surface area contributed by atoms with Gasteiger partial charge in [-0.05, 0) is 36.2 Å². The van der Waals surface area contributed by atoms with Crippen LogP contribution in [0.2, 0.25) is 0 Å². The van der Waals surface area contributed by atoms with Crippen LogP contribution in [0.4, 0.5) is 0 Å². The van der Waals surface area contributed by atoms with Crippen molar-refractivity contribution in [2.45, 2.75) is 31.2 Å². The van der Waals surface area contributed by atoms with Crippen LogP contribution in [0.3, 0.4) is 0 Å². The van der Waals surface area contributed by atoms with Gasteiger partial charge < -0.3 is 10.6 Å². The molecule has 0 heterocycles. The van der Waals surface area contributed by atoms with Crippen molar-refractivity contribution in [3.8, 4) is 0 Å². The molecule has 1 atom stereocenters. The van der Waals surface area contributed by atoms with Crippen molar-refractivity contribution in [2.24, 2.45) is 0 Å². The lowest BCUT2D eigenvalue weighted by Gasteiger charge is -2.19. The maximum atomic E-state index is 12.7. The Kier molecular flexibility index (Phi) is 6.92. The molecule has 8 heteroatoms. The number of hydrogen-bond acceptors (Lipinski definition) is 4. The molecule has 0 fully saturated rings. The van der Waals surface area contributed by atoms with Gasteiger partial charge in [0.25, 0.3) is 0 Å². The van der Waals surface area contributed by atoms with E-state index in [0.29, 0.717) is 6.54 Å². The number of hydrogen-bond donors (Lipinski definition) is 2. The van der Waals surface area contributed by atoms with E-state index >= 15 is 0 Å². The molecule has 2 N–H and O–H groups in total. The molecule has 0 bridgehead atoms. The second kappa shape index (κ2) is 8.96. The summed E-state index contributed by atoms with van der Waals surface area (Å²) in [6.07, 6.45) is 0.791. The van der Waals surface area contributed by atoms with E-state index in [1.165, 1.54) is 13.1 Å². The molecular formula is C19H25N3O4S. The largest absolute Gasteiger partial charge is 0.354 e. The number of nitrogens with one attached hydrogen (secondary N) is 2. The van der Waals surface area contributed by atoms with E-state index in [2.05, 4.69) is 10.6 Å². The van der Waals surface area contributed by atoms with E-state index in [1.807, 2.05) is 31.2 Å². The summed E-state index contributed by atoms with van der Waals surface area (Å²) in [7, 11) is -2.48. The Morgan fingerprint density at radius 1 is 1.11 bits per heavy atom. The van der Waals surface area contributed by atoms with Gasteiger partial charge in [0.05, 0.1) is 11.4 Å². The van der Waals surface area contributed by atoms with Crippen molar-refractivity contribution in [1.29, 1.82) is 0 Å². The molecule has 27 heavy (non-hydrogen) atoms. The zero-order chi connectivity index (χ0) is 20.0. The SMILES string of the molecule is CCCNC(=O)[C@H](C)NC(=O)CN(C)S(=O)(=O)c1ccc2ccccc2c1. The molecule has 2 amide bonds. The van der Waals surface area contributed by atoms with Crippen molar-refractivity contribution < 1.29 is 18.0 Å². The number of carbonyl (C=O) groups is 2. The molecule has 2 aromatic carbocycles. The molecule has 2 aromatic rings. The Hall–Kier alpha value is -2.45. The highest BCUT2D eigenvalue weighted by Gasteiger charge is 2.24. The average molecular weight is 391 g/mol. The maximum absolute atomic E-state index is 12.7. The molecule has 0 radical (unpaired) electrons. The summed E-state index contributed by atoms with van der Waals surface area (Å²) in [6.45, 7) is 3.63. The predicted octanol–water partition coefficient (Wildman–Crippen LogP) is 1.49. The first kappa shape index (κ1) is 20.9. The Morgan fingerprint density at radius 2 is 1.78 bits per heavy atom. The molecule has 0 saturated carbocycles. The number of amides is 2. The highest BCUT2D eigenvalue weighted by Crippen LogP contribution is 2.21. The maximum Gasteiger partial charge on any atom is 0.243 e. The summed E-state index contributed by atoms with van der Waals surface area (Å²) in [4.78, 5) is 24.1. The monoisotopic (exact) mass is 391 g/mol. The summed E-state index contributed by atoms with van der Waals surface area (Å²) in [5.41, 5.74) is 0. The molecule has 0 spiro atoms. The summed E-state index contributed by atoms with van der Waals surface area (Å²) in [6, 6.07) is 11.5. The van der Waals surface area contributed by atoms with Gasteiger partial charge in [0.15, 0.2) is 0 Å². The Balaban J connectivity index is 2.05. The molecule has 7 nitrogen and oxygen atoms in total. The molecule has 146 valence electrons. The lowest BCUT2D eigenvalue weighted by Crippen LogP contribution is -2.48. The fraction of sp³-hybridized carbons (Fsp3) is 0.368. The van der Waals surface area contributed by atoms with E-state index in [1.54, 1.807) is 19.1 Å². The minimum absolute atomic E-state index is 0.116. The van der Waals surface area contributed by atoms with E-state index in [0.717, 1.165) is 21.5 Å². The van der Waals surface area contributed by atoms with Gasteiger partial charge in [0.1, 0.15) is 6.04 Å². The fourth-order valence-corrected chi connectivity index (χ4v) is 3.71. The van der Waals surface area contributed by atoms with E-state index in [9.17, 15) is 18.0 Å². The van der Waals surface area contributed by atoms with Crippen LogP contribution in [0, 0.1) is 0 Å². The Bertz CT molecular complexity index is 927. The third kappa shape index (κ3) is 5.27. The van der Waals surface area contributed by atoms with Gasteiger partial charge in [-0.3, -0.25) is 9.59 Å². The van der Waals surface area contributed by atoms with Crippen LogP contribution in [-0.2, 0) is 19.6 Å². The number of sulfonamides is 1. The van der Waals surface area contributed by atoms with E-state index in [-0.39, 0.29) is 17.3 Å². The van der Waals surface area contributed by atoms with Crippen LogP contribution in [-0.4, -0.2) is 50.7 Å². The second-order valence-corrected chi connectivity index (χ2v) is 8.40. The van der Waals surface area contributed by atoms with Crippen LogP contribution >= 0.6 is 0 Å². The second-order valence-electron chi connectivity index (χ2n) is 6.35. The van der Waals surface area contributed by atoms with Gasteiger partial charge in [-0.1, -0.05) is 37.3 Å². The zero-order valence-corrected chi connectivity index (χ0v) is 16.5. The fourth-order valence-electron chi connectivity index (χ4n) is 2.55. The first-order valence-corrected chi connectivity index (χ1v) is 10.2. The number of benzene rings is 2. The van der Waals surface area contributed by atoms with Crippen LogP contribution in [0.1, 0.15) is 20.3 Å². The summed E-state index contributed by atoms with van der Waals surface area (Å²) >= 11 is 0. The Labute approximate surface area is 159 Å². The van der Waals surface area contributed by atoms with Crippen molar-refractivity contribution in [2.75, 3.05) is 20.1 Å². The third-order valence-corrected chi connectivity index (χ3v) is 5.91. The quantitative estimate of drug-likeness (QED) is 0.713. The third-order valence-electron chi connectivity index (χ3n) is 4.12. The van der Waals surface area contributed by atoms with Crippen molar-refractivity contribution in [1.82, 2.24) is 14.9 Å². The summed E-state index contributed by atoms with van der Waals surface area (Å²) in [5.74, 6) is -0.841. The van der Waals surface area contributed by atoms with Gasteiger partial charge in [-0.2, -0.15) is 4.31 Å². The number of carbonyl (C=O) groups excluding carboxylic acids is 2. The van der Waals surface area contributed by atoms with Crippen LogP contribution in [0.25, 0.3) is 10.8 Å². The highest BCUT2D eigenvalue weighted by atomic mass is 32.2. The van der Waals surface area contributed by atoms with Crippen LogP contribution < -0.4 is 10.6 Å². The standard InChI is InChI=1S/C19H25N3O4S/c1-4-11-20-19(24)14(2)21-18(23)13-22(3)27(25,26)17-10-9-15-7-5-6-8-16(15)12-17/h5-10,12,14H,4,11,13H2,1-3H3,(H,20,24)(H,21,23)/t14-/m0/s1. The highest BCUT2D eigenvalue weighted by molar-refractivity contribution is 7.89. The first-order valence-electron chi connectivity index (χ1n) is 8.78. The minimum Gasteiger partial charge on any atom is -0.354 e. The first-order chi connectivity index (χ1) is 12.8. The smallest absolute Gasteiger partial charge is 0.243 e. The normalized spacial score (nSPS) is 12.7. The van der Waals surface area contributed by atoms with Gasteiger partial charge >= 0.3 is 0 Å². The molecule has 0 unspecified atom stereocenters. The number of fused-ring (bicyclic) bond motifs is 1. The van der Waals surface area contributed by atoms with Crippen LogP contribution in [0.5, 0.6) is 0 Å². The zero-order valence-electron chi connectivity index (χ0n) is 15.7. The molecule has 0 saturated heterocycles. The number of nitrogens with zero attached hydrogens (tertiary/aromatic N) is 1. The predicted molar refractivity (Wildman–Crippen MR) is 105 cm³/mol. The average Bonchev–Trinajstić information content (AvgIpc) is 2.65. The van der Waals surface area contributed by atoms with Gasteiger partial charge in [-0.15, -0.1) is 0 Å². The Morgan fingerprint density at radius 3 is 2.44 bits per heavy atom. The number of rotatable bonds is 8. The molecule has 0 aliphatic rings. The molecular weight excluding hydrogens is 366 g/mol. The topological polar surface area (TPSA) is 95.6 Å². The molecule has 0 aliphatic carbocycles. The van der Waals surface area contributed by atoms with Crippen molar-refractivity contribution >= 4 is 32.6 Å². The lowest BCUT2D eigenvalue weighted by molar-refractivity contribution is -0.128. The molecule has 2 rings (SSSR count). The van der Waals surface area contributed by atoms with Gasteiger partial charge in [0.2, 0.25) is 21.8 Å². The van der Waals surface area contributed by atoms with E-state index < -0.39 is 22.0 Å². The van der Waals surface area contributed by atoms with Gasteiger partial charge in [0, 0.05) is 13.6 Å². The van der Waals surface area contributed by atoms with Crippen molar-refractivity contribution in [3.05, 3.63) is 42.5 Å². The molecule has 0 aromatic heterocycles. The lowest BCUT2D eigenvalue weighted by atomic mass is 10.1. The number of likely N-dealkylation sites (N-methyl/N-ethyl adjacent to an activating group) is 1. The van der Waals surface area contributed by atoms with Crippen LogP contribution in [0.15, 0.2) is 47.4 Å². The van der Waals surface area contributed by atoms with Gasteiger partial charge in [-0.25, -0.2) is 8.42 Å². The summed E-state index contributed by atoms with van der Waals surface area (Å²) in [5, 5.41) is 6.93.